The van der Waals surface area contributed by atoms with Crippen LogP contribution >= 0.6 is 35.3 Å². The zero-order valence-corrected chi connectivity index (χ0v) is 12.4. The van der Waals surface area contributed by atoms with Gasteiger partial charge in [-0.25, -0.2) is 13.6 Å². The predicted molar refractivity (Wildman–Crippen MR) is 73.2 cm³/mol. The van der Waals surface area contributed by atoms with E-state index in [2.05, 4.69) is 0 Å². The van der Waals surface area contributed by atoms with Crippen molar-refractivity contribution in [1.82, 2.24) is 0 Å². The molecule has 0 radical (unpaired) electrons. The van der Waals surface area contributed by atoms with Crippen molar-refractivity contribution in [3.63, 3.8) is 0 Å². The first-order valence-electron chi connectivity index (χ1n) is 4.26. The van der Waals surface area contributed by atoms with Gasteiger partial charge in [-0.1, -0.05) is 0 Å². The monoisotopic (exact) mass is 295 g/mol. The van der Waals surface area contributed by atoms with Crippen LogP contribution in [0.1, 0.15) is 0 Å². The molecule has 2 N–H and O–H groups in total. The summed E-state index contributed by atoms with van der Waals surface area (Å²) in [5, 5.41) is 5.14. The molecule has 0 unspecified atom stereocenters. The number of rotatable bonds is 4. The highest BCUT2D eigenvalue weighted by molar-refractivity contribution is 8.03. The van der Waals surface area contributed by atoms with Gasteiger partial charge in [-0.3, -0.25) is 0 Å². The summed E-state index contributed by atoms with van der Waals surface area (Å²) >= 11 is 4.66. The molecule has 1 aromatic carbocycles. The van der Waals surface area contributed by atoms with E-state index in [1.165, 1.54) is 23.5 Å². The summed E-state index contributed by atoms with van der Waals surface area (Å²) in [7, 11) is -3.63. The molecule has 1 aromatic rings. The van der Waals surface area contributed by atoms with Gasteiger partial charge in [0.25, 0.3) is 0 Å². The molecular formula is C9H13NO2S4. The van der Waals surface area contributed by atoms with Crippen molar-refractivity contribution >= 4 is 45.3 Å². The smallest absolute Gasteiger partial charge is 0.225 e. The Morgan fingerprint density at radius 2 is 1.44 bits per heavy atom. The van der Waals surface area contributed by atoms with Crippen LogP contribution in [-0.2, 0) is 10.0 Å². The number of sulfonamides is 1. The lowest BCUT2D eigenvalue weighted by molar-refractivity contribution is 0.597. The molecule has 0 atom stereocenters. The van der Waals surface area contributed by atoms with Crippen molar-refractivity contribution < 1.29 is 8.42 Å². The molecule has 1 rings (SSSR count). The highest BCUT2D eigenvalue weighted by Gasteiger charge is 2.15. The summed E-state index contributed by atoms with van der Waals surface area (Å²) in [5.41, 5.74) is 0. The summed E-state index contributed by atoms with van der Waals surface area (Å²) in [6.07, 6.45) is 5.82. The second kappa shape index (κ2) is 5.68. The Morgan fingerprint density at radius 1 is 1.00 bits per heavy atom. The maximum atomic E-state index is 11.3. The molecule has 90 valence electrons. The fraction of sp³-hybridized carbons (Fsp3) is 0.333. The van der Waals surface area contributed by atoms with Crippen LogP contribution < -0.4 is 5.14 Å². The number of hydrogen-bond acceptors (Lipinski definition) is 5. The van der Waals surface area contributed by atoms with Gasteiger partial charge >= 0.3 is 0 Å². The number of benzene rings is 1. The van der Waals surface area contributed by atoms with Crippen molar-refractivity contribution in [1.29, 1.82) is 0 Å². The molecule has 0 saturated heterocycles. The number of thioether (sulfide) groups is 3. The second-order valence-electron chi connectivity index (χ2n) is 2.91. The van der Waals surface area contributed by atoms with Crippen LogP contribution in [0.3, 0.4) is 0 Å². The van der Waals surface area contributed by atoms with Gasteiger partial charge in [-0.05, 0) is 30.9 Å². The minimum Gasteiger partial charge on any atom is -0.225 e. The summed E-state index contributed by atoms with van der Waals surface area (Å²) in [6, 6.07) is 3.26. The van der Waals surface area contributed by atoms with Crippen LogP contribution in [0.5, 0.6) is 0 Å². The van der Waals surface area contributed by atoms with Crippen LogP contribution in [-0.4, -0.2) is 27.2 Å². The number of nitrogens with two attached hydrogens (primary N) is 1. The van der Waals surface area contributed by atoms with Crippen LogP contribution in [0, 0.1) is 0 Å². The van der Waals surface area contributed by atoms with Crippen LogP contribution in [0.15, 0.2) is 31.7 Å². The molecule has 0 aliphatic heterocycles. The van der Waals surface area contributed by atoms with Gasteiger partial charge in [0.2, 0.25) is 10.0 Å². The van der Waals surface area contributed by atoms with Gasteiger partial charge in [-0.15, -0.1) is 35.3 Å². The third-order valence-electron chi connectivity index (χ3n) is 1.97. The highest BCUT2D eigenvalue weighted by Crippen LogP contribution is 2.37. The lowest BCUT2D eigenvalue weighted by atomic mass is 10.3. The molecular weight excluding hydrogens is 282 g/mol. The molecule has 0 heterocycles. The van der Waals surface area contributed by atoms with Gasteiger partial charge in [0.15, 0.2) is 0 Å². The maximum Gasteiger partial charge on any atom is 0.238 e. The molecule has 0 aromatic heterocycles. The summed E-state index contributed by atoms with van der Waals surface area (Å²) < 4.78 is 22.6. The quantitative estimate of drug-likeness (QED) is 0.865. The van der Waals surface area contributed by atoms with E-state index >= 15 is 0 Å². The van der Waals surface area contributed by atoms with Crippen LogP contribution in [0.25, 0.3) is 0 Å². The first kappa shape index (κ1) is 14.2. The zero-order valence-electron chi connectivity index (χ0n) is 9.18. The van der Waals surface area contributed by atoms with E-state index in [-0.39, 0.29) is 4.90 Å². The molecule has 3 nitrogen and oxygen atoms in total. The first-order chi connectivity index (χ1) is 7.43. The minimum absolute atomic E-state index is 0.180. The van der Waals surface area contributed by atoms with Gasteiger partial charge in [0.05, 0.1) is 4.90 Å². The molecule has 16 heavy (non-hydrogen) atoms. The zero-order chi connectivity index (χ0) is 12.3. The Morgan fingerprint density at radius 3 is 1.69 bits per heavy atom. The van der Waals surface area contributed by atoms with Gasteiger partial charge in [0, 0.05) is 14.7 Å². The van der Waals surface area contributed by atoms with Crippen LogP contribution in [0.2, 0.25) is 0 Å². The molecule has 0 bridgehead atoms. The van der Waals surface area contributed by atoms with Crippen molar-refractivity contribution in [3.05, 3.63) is 12.1 Å². The molecule has 0 aliphatic carbocycles. The number of hydrogen-bond donors (Lipinski definition) is 1. The van der Waals surface area contributed by atoms with E-state index in [4.69, 9.17) is 5.14 Å². The lowest BCUT2D eigenvalue weighted by Crippen LogP contribution is -2.12. The van der Waals surface area contributed by atoms with E-state index in [9.17, 15) is 8.42 Å². The SMILES string of the molecule is CSc1cc(S(N)(=O)=O)cc(SC)c1SC. The van der Waals surface area contributed by atoms with E-state index in [1.807, 2.05) is 18.8 Å². The Bertz CT molecular complexity index is 459. The summed E-state index contributed by atoms with van der Waals surface area (Å²) in [4.78, 5) is 3.18. The van der Waals surface area contributed by atoms with Gasteiger partial charge < -0.3 is 0 Å². The number of primary sulfonamides is 1. The third-order valence-corrected chi connectivity index (χ3v) is 5.49. The average molecular weight is 295 g/mol. The lowest BCUT2D eigenvalue weighted by Gasteiger charge is -2.11. The fourth-order valence-corrected chi connectivity index (χ4v) is 4.60. The third kappa shape index (κ3) is 3.10. The fourth-order valence-electron chi connectivity index (χ4n) is 1.22. The average Bonchev–Trinajstić information content (AvgIpc) is 2.25. The second-order valence-corrected chi connectivity index (χ2v) is 6.98. The standard InChI is InChI=1S/C9H13NO2S4/c1-13-7-4-6(16(10,11)12)5-8(14-2)9(7)15-3/h4-5H,1-3H3,(H2,10,11,12). The van der Waals surface area contributed by atoms with Crippen molar-refractivity contribution in [2.75, 3.05) is 18.8 Å². The summed E-state index contributed by atoms with van der Waals surface area (Å²) in [5.74, 6) is 0. The van der Waals surface area contributed by atoms with E-state index in [1.54, 1.807) is 23.9 Å². The molecule has 0 fully saturated rings. The molecule has 0 spiro atoms. The van der Waals surface area contributed by atoms with Crippen LogP contribution in [0.4, 0.5) is 0 Å². The normalized spacial score (nSPS) is 11.8. The van der Waals surface area contributed by atoms with Gasteiger partial charge in [0.1, 0.15) is 0 Å². The Hall–Kier alpha value is 0.180. The van der Waals surface area contributed by atoms with E-state index in [0.717, 1.165) is 14.7 Å². The molecule has 0 amide bonds. The maximum absolute atomic E-state index is 11.3. The largest absolute Gasteiger partial charge is 0.238 e. The van der Waals surface area contributed by atoms with Gasteiger partial charge in [-0.2, -0.15) is 0 Å². The Kier molecular flexibility index (Phi) is 5.06. The Balaban J connectivity index is 3.49. The van der Waals surface area contributed by atoms with Crippen molar-refractivity contribution in [2.24, 2.45) is 5.14 Å². The molecule has 0 saturated carbocycles. The Labute approximate surface area is 109 Å². The minimum atomic E-state index is -3.63. The topological polar surface area (TPSA) is 60.2 Å². The predicted octanol–water partition coefficient (Wildman–Crippen LogP) is 2.50. The summed E-state index contributed by atoms with van der Waals surface area (Å²) in [6.45, 7) is 0. The van der Waals surface area contributed by atoms with E-state index in [0.29, 0.717) is 0 Å². The van der Waals surface area contributed by atoms with E-state index < -0.39 is 10.0 Å². The molecule has 7 heteroatoms. The molecule has 0 aliphatic rings. The first-order valence-corrected chi connectivity index (χ1v) is 9.49. The van der Waals surface area contributed by atoms with Crippen molar-refractivity contribution in [3.8, 4) is 0 Å². The van der Waals surface area contributed by atoms with Crippen molar-refractivity contribution in [2.45, 2.75) is 19.6 Å². The highest BCUT2D eigenvalue weighted by atomic mass is 32.2.